The number of aryl methyl sites for hydroxylation is 2. The number of anilines is 1. The van der Waals surface area contributed by atoms with E-state index >= 15 is 0 Å². The summed E-state index contributed by atoms with van der Waals surface area (Å²) in [6.07, 6.45) is 1.42. The van der Waals surface area contributed by atoms with Crippen molar-refractivity contribution in [1.82, 2.24) is 4.90 Å². The van der Waals surface area contributed by atoms with Crippen LogP contribution in [0.25, 0.3) is 0 Å². The van der Waals surface area contributed by atoms with Crippen LogP contribution in [0.5, 0.6) is 5.75 Å². The van der Waals surface area contributed by atoms with E-state index in [2.05, 4.69) is 11.2 Å². The number of nitrogens with zero attached hydrogens (tertiary/aromatic N) is 3. The number of carbonyl (C=O) groups excluding carboxylic acids is 2. The van der Waals surface area contributed by atoms with Gasteiger partial charge in [0, 0.05) is 18.5 Å². The fourth-order valence-corrected chi connectivity index (χ4v) is 4.44. The Hall–Kier alpha value is -2.28. The molecule has 2 amide bonds. The fourth-order valence-electron chi connectivity index (χ4n) is 3.46. The minimum Gasteiger partial charge on any atom is -0.493 e. The minimum atomic E-state index is -0.324. The molecule has 0 bridgehead atoms. The predicted molar refractivity (Wildman–Crippen MR) is 129 cm³/mol. The molecule has 2 aromatic rings. The van der Waals surface area contributed by atoms with Gasteiger partial charge in [-0.05, 0) is 50.5 Å². The van der Waals surface area contributed by atoms with Gasteiger partial charge in [-0.3, -0.25) is 14.5 Å². The molecule has 0 fully saturated rings. The lowest BCUT2D eigenvalue weighted by Crippen LogP contribution is -2.35. The first kappa shape index (κ1) is 24.4. The van der Waals surface area contributed by atoms with Crippen LogP contribution in [-0.4, -0.2) is 35.7 Å². The molecule has 0 saturated heterocycles. The van der Waals surface area contributed by atoms with Gasteiger partial charge in [0.25, 0.3) is 5.91 Å². The summed E-state index contributed by atoms with van der Waals surface area (Å²) in [6.45, 7) is 6.46. The number of halogens is 3. The highest BCUT2D eigenvalue weighted by Gasteiger charge is 2.32. The maximum Gasteiger partial charge on any atom is 0.255 e. The van der Waals surface area contributed by atoms with Crippen molar-refractivity contribution in [3.05, 3.63) is 56.5 Å². The van der Waals surface area contributed by atoms with Crippen molar-refractivity contribution in [1.29, 1.82) is 0 Å². The van der Waals surface area contributed by atoms with Crippen molar-refractivity contribution >= 4 is 58.1 Å². The number of unbranched alkanes of at least 4 members (excludes halogenated alkanes) is 1. The molecule has 0 unspecified atom stereocenters. The summed E-state index contributed by atoms with van der Waals surface area (Å²) in [5, 5.41) is 6.24. The Balaban J connectivity index is 1.62. The second-order valence-corrected chi connectivity index (χ2v) is 8.86. The third-order valence-corrected chi connectivity index (χ3v) is 5.80. The number of hydrogen-bond acceptors (Lipinski definition) is 4. The lowest BCUT2D eigenvalue weighted by molar-refractivity contribution is -0.125. The van der Waals surface area contributed by atoms with E-state index in [4.69, 9.17) is 39.5 Å². The number of amides is 2. The van der Waals surface area contributed by atoms with Crippen molar-refractivity contribution in [2.45, 2.75) is 40.0 Å². The van der Waals surface area contributed by atoms with Gasteiger partial charge in [0.15, 0.2) is 0 Å². The highest BCUT2D eigenvalue weighted by Crippen LogP contribution is 2.38. The fraction of sp³-hybridized carbons (Fsp3) is 0.348. The number of rotatable bonds is 7. The molecule has 2 aromatic carbocycles. The zero-order chi connectivity index (χ0) is 23.4. The summed E-state index contributed by atoms with van der Waals surface area (Å²) in [5.74, 6) is 0.703. The van der Waals surface area contributed by atoms with Crippen LogP contribution in [0.15, 0.2) is 35.4 Å². The topological polar surface area (TPSA) is 62.2 Å². The van der Waals surface area contributed by atoms with Crippen molar-refractivity contribution in [2.24, 2.45) is 5.10 Å². The van der Waals surface area contributed by atoms with Gasteiger partial charge in [-0.25, -0.2) is 0 Å². The van der Waals surface area contributed by atoms with Gasteiger partial charge in [0.05, 0.1) is 23.1 Å². The van der Waals surface area contributed by atoms with Crippen molar-refractivity contribution in [3.63, 3.8) is 0 Å². The number of hydrazone groups is 1. The van der Waals surface area contributed by atoms with Gasteiger partial charge in [0.1, 0.15) is 17.3 Å². The molecule has 1 aliphatic heterocycles. The molecular weight excluding hydrogens is 473 g/mol. The lowest BCUT2D eigenvalue weighted by atomic mass is 10.1. The first-order chi connectivity index (χ1) is 15.2. The lowest BCUT2D eigenvalue weighted by Gasteiger charge is -2.20. The molecule has 0 aliphatic carbocycles. The standard InChI is InChI=1S/C23H24Cl3N3O3/c1-14-6-7-20(15(2)10-14)32-9-5-4-8-28(16(3)30)21-13-22(31)29(27-21)23-18(25)11-17(24)12-19(23)26/h6-7,10-12H,4-5,8-9,13H2,1-3H3. The molecule has 1 heterocycles. The van der Waals surface area contributed by atoms with Gasteiger partial charge in [-0.2, -0.15) is 10.1 Å². The van der Waals surface area contributed by atoms with E-state index in [0.717, 1.165) is 22.7 Å². The predicted octanol–water partition coefficient (Wildman–Crippen LogP) is 6.02. The SMILES string of the molecule is CC(=O)N(CCCCOc1ccc(C)cc1C)C1=NN(c2c(Cl)cc(Cl)cc2Cl)C(=O)C1. The molecule has 0 atom stereocenters. The van der Waals surface area contributed by atoms with Crippen molar-refractivity contribution in [2.75, 3.05) is 18.2 Å². The van der Waals surface area contributed by atoms with Gasteiger partial charge in [-0.15, -0.1) is 0 Å². The summed E-state index contributed by atoms with van der Waals surface area (Å²) in [5.41, 5.74) is 2.53. The van der Waals surface area contributed by atoms with Crippen LogP contribution in [0.2, 0.25) is 15.1 Å². The van der Waals surface area contributed by atoms with Crippen LogP contribution in [0.3, 0.4) is 0 Å². The second-order valence-electron chi connectivity index (χ2n) is 7.61. The summed E-state index contributed by atoms with van der Waals surface area (Å²) >= 11 is 18.4. The Labute approximate surface area is 202 Å². The number of benzene rings is 2. The largest absolute Gasteiger partial charge is 0.493 e. The summed E-state index contributed by atoms with van der Waals surface area (Å²) < 4.78 is 5.85. The Morgan fingerprint density at radius 1 is 1.12 bits per heavy atom. The van der Waals surface area contributed by atoms with Gasteiger partial charge < -0.3 is 4.74 Å². The average Bonchev–Trinajstić information content (AvgIpc) is 3.05. The Bertz CT molecular complexity index is 1050. The summed E-state index contributed by atoms with van der Waals surface area (Å²) in [6, 6.07) is 9.04. The van der Waals surface area contributed by atoms with E-state index in [1.165, 1.54) is 29.5 Å². The van der Waals surface area contributed by atoms with E-state index in [0.29, 0.717) is 30.4 Å². The maximum atomic E-state index is 12.6. The number of amidine groups is 1. The molecule has 170 valence electrons. The number of hydrogen-bond donors (Lipinski definition) is 0. The molecule has 0 saturated carbocycles. The molecule has 9 heteroatoms. The van der Waals surface area contributed by atoms with Crippen LogP contribution in [0.4, 0.5) is 5.69 Å². The van der Waals surface area contributed by atoms with E-state index in [1.807, 2.05) is 26.0 Å². The average molecular weight is 497 g/mol. The molecule has 6 nitrogen and oxygen atoms in total. The number of ether oxygens (including phenoxy) is 1. The number of carbonyl (C=O) groups is 2. The van der Waals surface area contributed by atoms with Crippen LogP contribution < -0.4 is 9.75 Å². The zero-order valence-corrected chi connectivity index (χ0v) is 20.4. The molecule has 0 radical (unpaired) electrons. The Morgan fingerprint density at radius 3 is 2.44 bits per heavy atom. The smallest absolute Gasteiger partial charge is 0.255 e. The Kier molecular flexibility index (Phi) is 8.04. The van der Waals surface area contributed by atoms with E-state index in [9.17, 15) is 9.59 Å². The molecule has 32 heavy (non-hydrogen) atoms. The van der Waals surface area contributed by atoms with E-state index in [-0.39, 0.29) is 34.0 Å². The third kappa shape index (κ3) is 5.74. The highest BCUT2D eigenvalue weighted by atomic mass is 35.5. The third-order valence-electron chi connectivity index (χ3n) is 5.01. The summed E-state index contributed by atoms with van der Waals surface area (Å²) in [4.78, 5) is 26.3. The maximum absolute atomic E-state index is 12.6. The summed E-state index contributed by atoms with van der Waals surface area (Å²) in [7, 11) is 0. The van der Waals surface area contributed by atoms with Crippen LogP contribution >= 0.6 is 34.8 Å². The normalized spacial score (nSPS) is 13.4. The van der Waals surface area contributed by atoms with Crippen molar-refractivity contribution < 1.29 is 14.3 Å². The molecule has 1 aliphatic rings. The molecule has 3 rings (SSSR count). The monoisotopic (exact) mass is 495 g/mol. The van der Waals surface area contributed by atoms with Gasteiger partial charge in [0.2, 0.25) is 5.91 Å². The highest BCUT2D eigenvalue weighted by molar-refractivity contribution is 6.42. The minimum absolute atomic E-state index is 0.0199. The van der Waals surface area contributed by atoms with Crippen LogP contribution in [0.1, 0.15) is 37.3 Å². The van der Waals surface area contributed by atoms with Crippen LogP contribution in [0, 0.1) is 13.8 Å². The van der Waals surface area contributed by atoms with Gasteiger partial charge in [-0.1, -0.05) is 52.5 Å². The molecule has 0 aromatic heterocycles. The van der Waals surface area contributed by atoms with Crippen LogP contribution in [-0.2, 0) is 9.59 Å². The van der Waals surface area contributed by atoms with E-state index in [1.54, 1.807) is 0 Å². The first-order valence-electron chi connectivity index (χ1n) is 10.2. The van der Waals surface area contributed by atoms with Gasteiger partial charge >= 0.3 is 0 Å². The Morgan fingerprint density at radius 2 is 1.81 bits per heavy atom. The second kappa shape index (κ2) is 10.6. The van der Waals surface area contributed by atoms with E-state index < -0.39 is 0 Å². The van der Waals surface area contributed by atoms with Crippen molar-refractivity contribution in [3.8, 4) is 5.75 Å². The molecule has 0 N–H and O–H groups in total. The first-order valence-corrected chi connectivity index (χ1v) is 11.3. The quantitative estimate of drug-likeness (QED) is 0.440. The zero-order valence-electron chi connectivity index (χ0n) is 18.1. The molecular formula is C23H24Cl3N3O3. The molecule has 0 spiro atoms.